The van der Waals surface area contributed by atoms with Crippen LogP contribution in [-0.2, 0) is 0 Å². The van der Waals surface area contributed by atoms with Gasteiger partial charge in [0.1, 0.15) is 18.5 Å². The third kappa shape index (κ3) is 5.01. The van der Waals surface area contributed by atoms with Crippen molar-refractivity contribution in [1.29, 1.82) is 0 Å². The summed E-state index contributed by atoms with van der Waals surface area (Å²) in [5, 5.41) is 17.9. The molecule has 0 heterocycles. The molecule has 1 unspecified atom stereocenters. The first kappa shape index (κ1) is 17.8. The van der Waals surface area contributed by atoms with Crippen LogP contribution in [0.25, 0.3) is 0 Å². The van der Waals surface area contributed by atoms with Crippen molar-refractivity contribution in [1.82, 2.24) is 0 Å². The normalized spacial score (nSPS) is 11.8. The molecule has 0 bridgehead atoms. The maximum Gasteiger partial charge on any atom is 0.170 e. The molecule has 126 valence electrons. The number of carbonyl (C=O) groups is 2. The van der Waals surface area contributed by atoms with Crippen molar-refractivity contribution < 1.29 is 24.5 Å². The minimum atomic E-state index is -0.946. The smallest absolute Gasteiger partial charge is 0.170 e. The van der Waals surface area contributed by atoms with E-state index in [1.807, 2.05) is 19.1 Å². The van der Waals surface area contributed by atoms with Gasteiger partial charge < -0.3 is 14.9 Å². The van der Waals surface area contributed by atoms with E-state index in [4.69, 9.17) is 9.84 Å². The van der Waals surface area contributed by atoms with Gasteiger partial charge >= 0.3 is 0 Å². The molecular formula is C19H20O5. The summed E-state index contributed by atoms with van der Waals surface area (Å²) in [6.07, 6.45) is -1.13. The molecule has 2 rings (SSSR count). The average Bonchev–Trinajstić information content (AvgIpc) is 2.60. The van der Waals surface area contributed by atoms with Crippen molar-refractivity contribution in [2.45, 2.75) is 19.4 Å². The molecule has 2 aromatic carbocycles. The Bertz CT molecular complexity index is 689. The van der Waals surface area contributed by atoms with E-state index < -0.39 is 6.10 Å². The second kappa shape index (κ2) is 8.38. The van der Waals surface area contributed by atoms with Crippen molar-refractivity contribution in [3.8, 4) is 5.75 Å². The Kier molecular flexibility index (Phi) is 6.23. The van der Waals surface area contributed by atoms with Gasteiger partial charge in [0.15, 0.2) is 11.6 Å². The number of benzene rings is 2. The molecule has 2 aromatic rings. The predicted molar refractivity (Wildman–Crippen MR) is 89.5 cm³/mol. The summed E-state index contributed by atoms with van der Waals surface area (Å²) in [5.74, 6) is -0.00202. The molecule has 0 saturated heterocycles. The Labute approximate surface area is 140 Å². The number of hydrogen-bond acceptors (Lipinski definition) is 5. The number of rotatable bonds is 8. The van der Waals surface area contributed by atoms with Crippen molar-refractivity contribution in [3.63, 3.8) is 0 Å². The maximum absolute atomic E-state index is 12.2. The molecule has 2 N–H and O–H groups in total. The largest absolute Gasteiger partial charge is 0.491 e. The van der Waals surface area contributed by atoms with E-state index in [9.17, 15) is 14.7 Å². The predicted octanol–water partition coefficient (Wildman–Crippen LogP) is 2.18. The molecule has 0 radical (unpaired) electrons. The molecule has 0 spiro atoms. The fourth-order valence-electron chi connectivity index (χ4n) is 2.07. The fourth-order valence-corrected chi connectivity index (χ4v) is 2.07. The molecule has 0 saturated carbocycles. The monoisotopic (exact) mass is 328 g/mol. The lowest BCUT2D eigenvalue weighted by Gasteiger charge is -2.10. The van der Waals surface area contributed by atoms with E-state index in [-0.39, 0.29) is 31.2 Å². The highest BCUT2D eigenvalue weighted by atomic mass is 16.5. The number of ketones is 2. The number of Topliss-reactive ketones (excluding diaryl/α,β-unsaturated/α-hetero) is 2. The zero-order valence-electron chi connectivity index (χ0n) is 13.4. The van der Waals surface area contributed by atoms with Crippen LogP contribution in [0.15, 0.2) is 48.5 Å². The van der Waals surface area contributed by atoms with Crippen LogP contribution < -0.4 is 4.74 Å². The van der Waals surface area contributed by atoms with Gasteiger partial charge in [-0.3, -0.25) is 9.59 Å². The summed E-state index contributed by atoms with van der Waals surface area (Å²) in [6, 6.07) is 13.4. The van der Waals surface area contributed by atoms with Crippen molar-refractivity contribution in [2.75, 3.05) is 13.2 Å². The topological polar surface area (TPSA) is 83.8 Å². The van der Waals surface area contributed by atoms with Crippen molar-refractivity contribution in [3.05, 3.63) is 65.2 Å². The SMILES string of the molecule is Cc1ccc(C(=O)CC(=O)c2ccc(OCC(O)CO)cc2)cc1. The lowest BCUT2D eigenvalue weighted by molar-refractivity contribution is 0.0536. The second-order valence-corrected chi connectivity index (χ2v) is 5.56. The molecule has 1 atom stereocenters. The third-order valence-electron chi connectivity index (χ3n) is 3.52. The van der Waals surface area contributed by atoms with Crippen LogP contribution in [0.3, 0.4) is 0 Å². The standard InChI is InChI=1S/C19H20O5/c1-13-2-4-14(5-3-13)18(22)10-19(23)15-6-8-17(9-7-15)24-12-16(21)11-20/h2-9,16,20-21H,10-12H2,1H3. The molecule has 24 heavy (non-hydrogen) atoms. The molecule has 5 heteroatoms. The Morgan fingerprint density at radius 1 is 0.958 bits per heavy atom. The molecule has 0 amide bonds. The lowest BCUT2D eigenvalue weighted by atomic mass is 10.0. The highest BCUT2D eigenvalue weighted by Crippen LogP contribution is 2.15. The minimum Gasteiger partial charge on any atom is -0.491 e. The zero-order chi connectivity index (χ0) is 17.5. The van der Waals surface area contributed by atoms with Crippen LogP contribution in [0.4, 0.5) is 0 Å². The van der Waals surface area contributed by atoms with Gasteiger partial charge in [-0.15, -0.1) is 0 Å². The van der Waals surface area contributed by atoms with Crippen LogP contribution in [0.1, 0.15) is 32.7 Å². The van der Waals surface area contributed by atoms with Crippen molar-refractivity contribution >= 4 is 11.6 Å². The first-order valence-electron chi connectivity index (χ1n) is 7.64. The zero-order valence-corrected chi connectivity index (χ0v) is 13.4. The molecule has 0 aromatic heterocycles. The van der Waals surface area contributed by atoms with Gasteiger partial charge in [0.05, 0.1) is 13.0 Å². The Hall–Kier alpha value is -2.50. The van der Waals surface area contributed by atoms with Gasteiger partial charge in [-0.1, -0.05) is 29.8 Å². The lowest BCUT2D eigenvalue weighted by Crippen LogP contribution is -2.21. The Morgan fingerprint density at radius 2 is 1.46 bits per heavy atom. The van der Waals surface area contributed by atoms with E-state index in [0.29, 0.717) is 16.9 Å². The molecule has 0 aliphatic carbocycles. The van der Waals surface area contributed by atoms with E-state index in [2.05, 4.69) is 0 Å². The van der Waals surface area contributed by atoms with Crippen molar-refractivity contribution in [2.24, 2.45) is 0 Å². The minimum absolute atomic E-state index is 0.0320. The summed E-state index contributed by atoms with van der Waals surface area (Å²) in [4.78, 5) is 24.3. The van der Waals surface area contributed by atoms with Gasteiger partial charge in [-0.05, 0) is 31.2 Å². The molecule has 0 aliphatic rings. The highest BCUT2D eigenvalue weighted by Gasteiger charge is 2.14. The van der Waals surface area contributed by atoms with Crippen LogP contribution in [0, 0.1) is 6.92 Å². The summed E-state index contributed by atoms with van der Waals surface area (Å²) < 4.78 is 5.27. The summed E-state index contributed by atoms with van der Waals surface area (Å²) in [5.41, 5.74) is 2.00. The van der Waals surface area contributed by atoms with E-state index in [0.717, 1.165) is 5.56 Å². The number of hydrogen-bond donors (Lipinski definition) is 2. The van der Waals surface area contributed by atoms with Gasteiger partial charge in [0.25, 0.3) is 0 Å². The summed E-state index contributed by atoms with van der Waals surface area (Å²) in [7, 11) is 0. The first-order valence-corrected chi connectivity index (χ1v) is 7.64. The average molecular weight is 328 g/mol. The maximum atomic E-state index is 12.2. The summed E-state index contributed by atoms with van der Waals surface area (Å²) >= 11 is 0. The number of ether oxygens (including phenoxy) is 1. The van der Waals surface area contributed by atoms with Crippen LogP contribution in [-0.4, -0.2) is 41.1 Å². The van der Waals surface area contributed by atoms with E-state index >= 15 is 0 Å². The van der Waals surface area contributed by atoms with Gasteiger partial charge in [-0.2, -0.15) is 0 Å². The van der Waals surface area contributed by atoms with Crippen LogP contribution in [0.2, 0.25) is 0 Å². The van der Waals surface area contributed by atoms with Gasteiger partial charge in [0.2, 0.25) is 0 Å². The number of aliphatic hydroxyl groups is 2. The van der Waals surface area contributed by atoms with Crippen LogP contribution in [0.5, 0.6) is 5.75 Å². The molecular weight excluding hydrogens is 308 g/mol. The number of aryl methyl sites for hydroxylation is 1. The Morgan fingerprint density at radius 3 is 1.96 bits per heavy atom. The first-order chi connectivity index (χ1) is 11.5. The number of carbonyl (C=O) groups excluding carboxylic acids is 2. The summed E-state index contributed by atoms with van der Waals surface area (Å²) in [6.45, 7) is 1.52. The molecule has 5 nitrogen and oxygen atoms in total. The van der Waals surface area contributed by atoms with E-state index in [1.54, 1.807) is 36.4 Å². The third-order valence-corrected chi connectivity index (χ3v) is 3.52. The van der Waals surface area contributed by atoms with Gasteiger partial charge in [-0.25, -0.2) is 0 Å². The van der Waals surface area contributed by atoms with Gasteiger partial charge in [0, 0.05) is 11.1 Å². The van der Waals surface area contributed by atoms with Crippen LogP contribution >= 0.6 is 0 Å². The highest BCUT2D eigenvalue weighted by molar-refractivity contribution is 6.13. The second-order valence-electron chi connectivity index (χ2n) is 5.56. The molecule has 0 fully saturated rings. The Balaban J connectivity index is 1.94. The number of aliphatic hydroxyl groups excluding tert-OH is 2. The quantitative estimate of drug-likeness (QED) is 0.573. The van der Waals surface area contributed by atoms with E-state index in [1.165, 1.54) is 0 Å². The molecule has 0 aliphatic heterocycles. The fraction of sp³-hybridized carbons (Fsp3) is 0.263.